The quantitative estimate of drug-likeness (QED) is 0.0287. The van der Waals surface area contributed by atoms with Gasteiger partial charge in [0, 0.05) is 33.5 Å². The molecule has 6 aliphatic rings. The van der Waals surface area contributed by atoms with Gasteiger partial charge in [-0.3, -0.25) is 53.0 Å². The van der Waals surface area contributed by atoms with Crippen LogP contribution in [0, 0.1) is 47.3 Å². The third-order valence-electron chi connectivity index (χ3n) is 21.0. The highest BCUT2D eigenvalue weighted by atomic mass is 16.5. The summed E-state index contributed by atoms with van der Waals surface area (Å²) in [7, 11) is 0. The Morgan fingerprint density at radius 2 is 0.670 bits per heavy atom. The number of ketones is 4. The molecule has 5 amide bonds. The zero-order valence-electron chi connectivity index (χ0n) is 56.7. The van der Waals surface area contributed by atoms with Crippen LogP contribution in [-0.2, 0) is 19.2 Å². The minimum atomic E-state index is -1.40. The second kappa shape index (κ2) is 25.1. The van der Waals surface area contributed by atoms with E-state index in [0.29, 0.717) is 62.5 Å². The Kier molecular flexibility index (Phi) is 16.7. The van der Waals surface area contributed by atoms with Crippen LogP contribution in [0.3, 0.4) is 0 Å². The topological polar surface area (TPSA) is 235 Å². The predicted octanol–water partition coefficient (Wildman–Crippen LogP) is 14.5. The van der Waals surface area contributed by atoms with Crippen LogP contribution in [0.15, 0.2) is 182 Å². The number of imide groups is 2. The minimum absolute atomic E-state index is 0.138. The van der Waals surface area contributed by atoms with Crippen molar-refractivity contribution >= 4 is 86.5 Å². The van der Waals surface area contributed by atoms with Crippen molar-refractivity contribution in [1.29, 1.82) is 0 Å². The lowest BCUT2D eigenvalue weighted by Crippen LogP contribution is -2.39. The molecule has 4 bridgehead atoms. The van der Waals surface area contributed by atoms with E-state index in [1.165, 1.54) is 15.9 Å². The Morgan fingerprint density at radius 1 is 0.350 bits per heavy atom. The first-order valence-corrected chi connectivity index (χ1v) is 34.0. The Morgan fingerprint density at radius 3 is 1.09 bits per heavy atom. The molecule has 4 saturated carbocycles. The third-order valence-corrected chi connectivity index (χ3v) is 21.0. The number of nitrogens with one attached hydrogen (secondary N) is 1. The fraction of sp³-hybridized carbons (Fsp3) is 0.317. The predicted molar refractivity (Wildman–Crippen MR) is 372 cm³/mol. The van der Waals surface area contributed by atoms with Gasteiger partial charge in [-0.05, 0) is 274 Å². The van der Waals surface area contributed by atoms with Crippen LogP contribution in [0.4, 0.5) is 17.1 Å². The first kappa shape index (κ1) is 66.4. The number of Topliss-reactive ketones (excluding diaryl/α,β-unsaturated/α-hetero) is 4. The molecule has 2 saturated heterocycles. The normalized spacial score (nSPS) is 21.4. The third kappa shape index (κ3) is 12.3. The Labute approximate surface area is 578 Å². The summed E-state index contributed by atoms with van der Waals surface area (Å²) in [6.07, 6.45) is 5.86. The number of fused-ring (bicyclic) bond motifs is 11. The van der Waals surface area contributed by atoms with E-state index in [9.17, 15) is 47.9 Å². The summed E-state index contributed by atoms with van der Waals surface area (Å²) in [5, 5.41) is 4.30. The molecule has 18 heteroatoms. The molecule has 18 nitrogen and oxygen atoms in total. The van der Waals surface area contributed by atoms with Gasteiger partial charge in [-0.2, -0.15) is 0 Å². The van der Waals surface area contributed by atoms with Crippen molar-refractivity contribution in [2.45, 2.75) is 116 Å². The van der Waals surface area contributed by atoms with E-state index < -0.39 is 40.1 Å². The molecular weight excluding hydrogens is 1270 g/mol. The average molecular weight is 1340 g/mol. The van der Waals surface area contributed by atoms with Crippen LogP contribution >= 0.6 is 0 Å². The van der Waals surface area contributed by atoms with Gasteiger partial charge in [0.05, 0.1) is 40.6 Å². The van der Waals surface area contributed by atoms with E-state index in [-0.39, 0.29) is 105 Å². The Hall–Kier alpha value is -10.9. The van der Waals surface area contributed by atoms with Gasteiger partial charge in [-0.25, -0.2) is 4.79 Å². The van der Waals surface area contributed by atoms with E-state index in [0.717, 1.165) is 49.3 Å². The summed E-state index contributed by atoms with van der Waals surface area (Å²) >= 11 is 0. The molecule has 508 valence electrons. The lowest BCUT2D eigenvalue weighted by Gasteiger charge is -2.28. The van der Waals surface area contributed by atoms with Crippen molar-refractivity contribution in [3.8, 4) is 28.7 Å². The maximum Gasteiger partial charge on any atom is 0.343 e. The first-order chi connectivity index (χ1) is 47.6. The molecule has 100 heavy (non-hydrogen) atoms. The standard InChI is InChI=1S/C82H75N3O15/c1-79(2,69(86)45-22-31-60(32-23-45)97-82(7,8)72(89)56-17-12-49-44-64(33-24-48(49)40-56)96-78(95)47-20-29-59(30-21-47)85-76(93)67-52-15-16-53(42-52)68(67)77(85)94)99-62-36-38-63(39-37-62)100-81(5,6)71(88)55-11-9-10-54(43-55)70(87)80(3,4)98-61-34-25-57(26-35-61)83-73(90)46-18-27-58(28-19-46)84-74(91)65-50-13-14-51(41-50)66(65)75(84)92/h9-12,17-40,43-44,50-53,65-68H,13-16,41-42H2,1-8H3,(H,83,90). The summed E-state index contributed by atoms with van der Waals surface area (Å²) in [5.41, 5.74) is -2.27. The zero-order valence-corrected chi connectivity index (χ0v) is 56.7. The SMILES string of the molecule is CC(C)(Oc1ccc(OC(C)(C)C(=O)c2cccc(C(=O)C(C)(C)Oc3ccc(NC(=O)c4ccc(N5C(=O)C6C7CCC(C7)C6C5=O)cc4)cc3)c2)cc1)C(=O)c1ccc(OC(C)(C)C(=O)c2ccc3cc(OC(=O)c4ccc(N5C(=O)C6C7CCC(C7)C6C5=O)cc4)ccc3c2)cc1. The second-order valence-electron chi connectivity index (χ2n) is 29.3. The minimum Gasteiger partial charge on any atom is -0.480 e. The average Bonchev–Trinajstić information content (AvgIpc) is 1.57. The van der Waals surface area contributed by atoms with Gasteiger partial charge >= 0.3 is 5.97 Å². The molecule has 14 rings (SSSR count). The highest BCUT2D eigenvalue weighted by molar-refractivity contribution is 6.24. The van der Waals surface area contributed by atoms with E-state index in [2.05, 4.69) is 5.32 Å². The number of hydrogen-bond donors (Lipinski definition) is 1. The number of anilines is 3. The van der Waals surface area contributed by atoms with Gasteiger partial charge in [0.2, 0.25) is 46.8 Å². The van der Waals surface area contributed by atoms with Crippen molar-refractivity contribution in [1.82, 2.24) is 0 Å². The highest BCUT2D eigenvalue weighted by Gasteiger charge is 2.62. The van der Waals surface area contributed by atoms with Gasteiger partial charge in [-0.15, -0.1) is 0 Å². The number of ether oxygens (including phenoxy) is 5. The molecule has 0 radical (unpaired) electrons. The van der Waals surface area contributed by atoms with Crippen molar-refractivity contribution in [2.24, 2.45) is 47.3 Å². The zero-order chi connectivity index (χ0) is 70.5. The van der Waals surface area contributed by atoms with E-state index in [1.54, 1.807) is 231 Å². The van der Waals surface area contributed by atoms with Crippen LogP contribution in [0.2, 0.25) is 0 Å². The molecule has 8 aromatic rings. The van der Waals surface area contributed by atoms with Crippen LogP contribution in [0.1, 0.15) is 156 Å². The van der Waals surface area contributed by atoms with Gasteiger partial charge in [0.15, 0.2) is 22.4 Å². The van der Waals surface area contributed by atoms with Gasteiger partial charge in [0.25, 0.3) is 5.91 Å². The number of hydrogen-bond acceptors (Lipinski definition) is 15. The van der Waals surface area contributed by atoms with Crippen LogP contribution in [0.5, 0.6) is 28.7 Å². The molecule has 1 N–H and O–H groups in total. The molecule has 2 heterocycles. The number of carbonyl (C=O) groups is 10. The smallest absolute Gasteiger partial charge is 0.343 e. The van der Waals surface area contributed by atoms with Crippen LogP contribution < -0.4 is 38.8 Å². The first-order valence-electron chi connectivity index (χ1n) is 34.0. The monoisotopic (exact) mass is 1340 g/mol. The number of amides is 5. The molecule has 6 fully saturated rings. The van der Waals surface area contributed by atoms with E-state index in [4.69, 9.17) is 23.7 Å². The van der Waals surface area contributed by atoms with Gasteiger partial charge in [0.1, 0.15) is 28.7 Å². The lowest BCUT2D eigenvalue weighted by molar-refractivity contribution is -0.124. The van der Waals surface area contributed by atoms with Gasteiger partial charge in [-0.1, -0.05) is 36.4 Å². The van der Waals surface area contributed by atoms with Crippen molar-refractivity contribution in [2.75, 3.05) is 15.1 Å². The molecule has 0 spiro atoms. The summed E-state index contributed by atoms with van der Waals surface area (Å²) < 4.78 is 30.6. The highest BCUT2D eigenvalue weighted by Crippen LogP contribution is 2.58. The Bertz CT molecular complexity index is 4650. The maximum atomic E-state index is 14.1. The van der Waals surface area contributed by atoms with Gasteiger partial charge < -0.3 is 29.0 Å². The Balaban J connectivity index is 0.534. The number of benzene rings is 8. The fourth-order valence-electron chi connectivity index (χ4n) is 16.0. The molecule has 4 aliphatic carbocycles. The maximum absolute atomic E-state index is 14.1. The van der Waals surface area contributed by atoms with E-state index >= 15 is 0 Å². The van der Waals surface area contributed by atoms with Crippen molar-refractivity contribution in [3.05, 3.63) is 215 Å². The second-order valence-corrected chi connectivity index (χ2v) is 29.3. The van der Waals surface area contributed by atoms with Crippen molar-refractivity contribution < 1.29 is 71.6 Å². The number of carbonyl (C=O) groups excluding carboxylic acids is 10. The summed E-state index contributed by atoms with van der Waals surface area (Å²) in [4.78, 5) is 139. The van der Waals surface area contributed by atoms with E-state index in [1.807, 2.05) is 0 Å². The summed E-state index contributed by atoms with van der Waals surface area (Å²) in [6.45, 7) is 13.1. The van der Waals surface area contributed by atoms with Crippen LogP contribution in [0.25, 0.3) is 10.8 Å². The van der Waals surface area contributed by atoms with Crippen LogP contribution in [-0.4, -0.2) is 81.0 Å². The lowest BCUT2D eigenvalue weighted by atomic mass is 9.81. The summed E-state index contributed by atoms with van der Waals surface area (Å²) in [5.74, 6) is -1.11. The van der Waals surface area contributed by atoms with Crippen molar-refractivity contribution in [3.63, 3.8) is 0 Å². The molecule has 0 aromatic heterocycles. The summed E-state index contributed by atoms with van der Waals surface area (Å²) in [6, 6.07) is 48.9. The molecular formula is C82H75N3O15. The molecule has 8 unspecified atom stereocenters. The largest absolute Gasteiger partial charge is 0.480 e. The fourth-order valence-corrected chi connectivity index (χ4v) is 16.0. The number of nitrogens with zero attached hydrogens (tertiary/aromatic N) is 2. The molecule has 8 aromatic carbocycles. The number of rotatable bonds is 22. The molecule has 8 atom stereocenters. The molecule has 2 aliphatic heterocycles. The number of esters is 1.